The zero-order valence-electron chi connectivity index (χ0n) is 18.9. The van der Waals surface area contributed by atoms with E-state index in [1.54, 1.807) is 50.1 Å². The van der Waals surface area contributed by atoms with Gasteiger partial charge >= 0.3 is 6.09 Å². The van der Waals surface area contributed by atoms with Crippen LogP contribution in [0.2, 0.25) is 5.28 Å². The van der Waals surface area contributed by atoms with Crippen LogP contribution in [0.5, 0.6) is 0 Å². The zero-order valence-corrected chi connectivity index (χ0v) is 19.7. The topological polar surface area (TPSA) is 96.5 Å². The van der Waals surface area contributed by atoms with Crippen molar-refractivity contribution < 1.29 is 14.3 Å². The van der Waals surface area contributed by atoms with Gasteiger partial charge in [0.25, 0.3) is 0 Å². The fourth-order valence-corrected chi connectivity index (χ4v) is 3.14. The van der Waals surface area contributed by atoms with Crippen LogP contribution in [0.15, 0.2) is 60.8 Å². The van der Waals surface area contributed by atoms with Gasteiger partial charge in [0.1, 0.15) is 11.4 Å². The number of hydrogen-bond acceptors (Lipinski definition) is 6. The number of ether oxygens (including phenoxy) is 1. The number of carbonyl (C=O) groups excluding carboxylic acids is 2. The summed E-state index contributed by atoms with van der Waals surface area (Å²) in [6.07, 6.45) is 1.03. The Hall–Kier alpha value is -3.65. The number of amides is 2. The van der Waals surface area contributed by atoms with Crippen molar-refractivity contribution >= 4 is 46.5 Å². The third kappa shape index (κ3) is 7.18. The van der Waals surface area contributed by atoms with Crippen LogP contribution in [0.3, 0.4) is 0 Å². The van der Waals surface area contributed by atoms with E-state index >= 15 is 0 Å². The van der Waals surface area contributed by atoms with Gasteiger partial charge in [0, 0.05) is 35.7 Å². The molecular formula is C24H26ClN5O3. The summed E-state index contributed by atoms with van der Waals surface area (Å²) >= 11 is 6.04. The standard InChI is InChI=1S/C24H26ClN5O3/c1-16(31)30(20-11-6-5-7-12-20)15-17-14-26-22(25)29-21(17)27-18-9-8-10-19(13-18)28-23(32)33-24(2,3)4/h5-14H,15H2,1-4H3,(H,28,32)(H,26,27,29). The Balaban J connectivity index is 1.83. The zero-order chi connectivity index (χ0) is 24.0. The smallest absolute Gasteiger partial charge is 0.412 e. The molecule has 0 radical (unpaired) electrons. The first-order chi connectivity index (χ1) is 15.6. The number of nitrogens with zero attached hydrogens (tertiary/aromatic N) is 3. The highest BCUT2D eigenvalue weighted by molar-refractivity contribution is 6.28. The van der Waals surface area contributed by atoms with Crippen molar-refractivity contribution in [2.45, 2.75) is 39.8 Å². The van der Waals surface area contributed by atoms with Gasteiger partial charge in [0.05, 0.1) is 6.54 Å². The molecule has 172 valence electrons. The van der Waals surface area contributed by atoms with Gasteiger partial charge in [-0.1, -0.05) is 24.3 Å². The lowest BCUT2D eigenvalue weighted by Crippen LogP contribution is -2.28. The summed E-state index contributed by atoms with van der Waals surface area (Å²) in [5.74, 6) is 0.331. The molecule has 3 aromatic rings. The van der Waals surface area contributed by atoms with Crippen LogP contribution in [0.1, 0.15) is 33.3 Å². The minimum absolute atomic E-state index is 0.0679. The third-order valence-corrected chi connectivity index (χ3v) is 4.56. The maximum absolute atomic E-state index is 12.3. The molecule has 2 amide bonds. The van der Waals surface area contributed by atoms with Gasteiger partial charge < -0.3 is 15.0 Å². The number of para-hydroxylation sites is 1. The van der Waals surface area contributed by atoms with Crippen LogP contribution < -0.4 is 15.5 Å². The molecule has 1 heterocycles. The Labute approximate surface area is 198 Å². The number of benzene rings is 2. The Bertz CT molecular complexity index is 1130. The number of aromatic nitrogens is 2. The molecule has 0 atom stereocenters. The lowest BCUT2D eigenvalue weighted by atomic mass is 10.2. The summed E-state index contributed by atoms with van der Waals surface area (Å²) in [6.45, 7) is 7.14. The molecule has 0 spiro atoms. The van der Waals surface area contributed by atoms with Crippen LogP contribution in [0.4, 0.5) is 27.7 Å². The van der Waals surface area contributed by atoms with E-state index in [1.807, 2.05) is 36.4 Å². The number of nitrogens with one attached hydrogen (secondary N) is 2. The van der Waals surface area contributed by atoms with Crippen LogP contribution >= 0.6 is 11.6 Å². The highest BCUT2D eigenvalue weighted by Gasteiger charge is 2.18. The van der Waals surface area contributed by atoms with E-state index in [-0.39, 0.29) is 17.7 Å². The summed E-state index contributed by atoms with van der Waals surface area (Å²) < 4.78 is 5.30. The van der Waals surface area contributed by atoms with E-state index in [9.17, 15) is 9.59 Å². The van der Waals surface area contributed by atoms with Crippen molar-refractivity contribution in [3.63, 3.8) is 0 Å². The van der Waals surface area contributed by atoms with Gasteiger partial charge in [-0.05, 0) is 62.7 Å². The van der Waals surface area contributed by atoms with Crippen molar-refractivity contribution in [3.8, 4) is 0 Å². The second-order valence-electron chi connectivity index (χ2n) is 8.29. The summed E-state index contributed by atoms with van der Waals surface area (Å²) in [5, 5.41) is 5.98. The molecule has 1 aromatic heterocycles. The maximum atomic E-state index is 12.3. The molecule has 8 nitrogen and oxygen atoms in total. The average molecular weight is 468 g/mol. The molecule has 9 heteroatoms. The predicted molar refractivity (Wildman–Crippen MR) is 130 cm³/mol. The highest BCUT2D eigenvalue weighted by atomic mass is 35.5. The summed E-state index contributed by atoms with van der Waals surface area (Å²) in [7, 11) is 0. The predicted octanol–water partition coefficient (Wildman–Crippen LogP) is 5.77. The third-order valence-electron chi connectivity index (χ3n) is 4.38. The fourth-order valence-electron chi connectivity index (χ4n) is 3.00. The average Bonchev–Trinajstić information content (AvgIpc) is 2.72. The Kier molecular flexibility index (Phi) is 7.50. The lowest BCUT2D eigenvalue weighted by molar-refractivity contribution is -0.116. The molecule has 3 rings (SSSR count). The van der Waals surface area contributed by atoms with Crippen molar-refractivity contribution in [1.82, 2.24) is 9.97 Å². The van der Waals surface area contributed by atoms with Gasteiger partial charge in [-0.2, -0.15) is 0 Å². The van der Waals surface area contributed by atoms with Crippen molar-refractivity contribution in [2.24, 2.45) is 0 Å². The Morgan fingerprint density at radius 3 is 2.42 bits per heavy atom. The molecule has 0 aliphatic rings. The molecule has 0 saturated carbocycles. The number of anilines is 4. The van der Waals surface area contributed by atoms with Crippen LogP contribution in [0.25, 0.3) is 0 Å². The van der Waals surface area contributed by atoms with Crippen LogP contribution in [-0.4, -0.2) is 27.6 Å². The maximum Gasteiger partial charge on any atom is 0.412 e. The Morgan fingerprint density at radius 1 is 1.06 bits per heavy atom. The van der Waals surface area contributed by atoms with E-state index in [1.165, 1.54) is 6.92 Å². The van der Waals surface area contributed by atoms with Crippen LogP contribution in [-0.2, 0) is 16.1 Å². The normalized spacial score (nSPS) is 10.9. The van der Waals surface area contributed by atoms with Gasteiger partial charge in [-0.25, -0.2) is 14.8 Å². The minimum Gasteiger partial charge on any atom is -0.444 e. The van der Waals surface area contributed by atoms with E-state index < -0.39 is 11.7 Å². The second-order valence-corrected chi connectivity index (χ2v) is 8.62. The second kappa shape index (κ2) is 10.3. The molecule has 0 saturated heterocycles. The first-order valence-corrected chi connectivity index (χ1v) is 10.7. The van der Waals surface area contributed by atoms with Crippen molar-refractivity contribution in [3.05, 3.63) is 71.6 Å². The van der Waals surface area contributed by atoms with Crippen molar-refractivity contribution in [1.29, 1.82) is 0 Å². The molecular weight excluding hydrogens is 442 g/mol. The number of hydrogen-bond donors (Lipinski definition) is 2. The molecule has 0 fully saturated rings. The van der Waals surface area contributed by atoms with E-state index in [4.69, 9.17) is 16.3 Å². The molecule has 0 unspecified atom stereocenters. The summed E-state index contributed by atoms with van der Waals surface area (Å²) in [6, 6.07) is 16.4. The van der Waals surface area contributed by atoms with Crippen LogP contribution in [0, 0.1) is 0 Å². The van der Waals surface area contributed by atoms with Gasteiger partial charge in [0.15, 0.2) is 0 Å². The number of carbonyl (C=O) groups is 2. The minimum atomic E-state index is -0.603. The molecule has 0 aliphatic heterocycles. The molecule has 0 aliphatic carbocycles. The fraction of sp³-hybridized carbons (Fsp3) is 0.250. The van der Waals surface area contributed by atoms with Gasteiger partial charge in [-0.3, -0.25) is 10.1 Å². The first-order valence-electron chi connectivity index (χ1n) is 10.3. The highest BCUT2D eigenvalue weighted by Crippen LogP contribution is 2.25. The van der Waals surface area contributed by atoms with Gasteiger partial charge in [0.2, 0.25) is 11.2 Å². The Morgan fingerprint density at radius 2 is 1.76 bits per heavy atom. The molecule has 2 aromatic carbocycles. The monoisotopic (exact) mass is 467 g/mol. The molecule has 2 N–H and O–H groups in total. The van der Waals surface area contributed by atoms with Crippen molar-refractivity contribution in [2.75, 3.05) is 15.5 Å². The quantitative estimate of drug-likeness (QED) is 0.446. The van der Waals surface area contributed by atoms with E-state index in [0.717, 1.165) is 5.69 Å². The number of halogens is 1. The van der Waals surface area contributed by atoms with Gasteiger partial charge in [-0.15, -0.1) is 0 Å². The number of rotatable bonds is 6. The first kappa shape index (κ1) is 24.0. The SMILES string of the molecule is CC(=O)N(Cc1cnc(Cl)nc1Nc1cccc(NC(=O)OC(C)(C)C)c1)c1ccccc1. The summed E-state index contributed by atoms with van der Waals surface area (Å²) in [4.78, 5) is 34.4. The largest absolute Gasteiger partial charge is 0.444 e. The summed E-state index contributed by atoms with van der Waals surface area (Å²) in [5.41, 5.74) is 2.03. The molecule has 0 bridgehead atoms. The molecule has 33 heavy (non-hydrogen) atoms. The van der Waals surface area contributed by atoms with E-state index in [0.29, 0.717) is 22.8 Å². The van der Waals surface area contributed by atoms with E-state index in [2.05, 4.69) is 20.6 Å². The lowest BCUT2D eigenvalue weighted by Gasteiger charge is -2.22.